The van der Waals surface area contributed by atoms with Gasteiger partial charge in [0.25, 0.3) is 5.78 Å². The van der Waals surface area contributed by atoms with Crippen molar-refractivity contribution in [1.82, 2.24) is 0 Å². The van der Waals surface area contributed by atoms with Crippen molar-refractivity contribution >= 4 is 17.7 Å². The maximum Gasteiger partial charge on any atom is 0.379 e. The molecule has 0 saturated heterocycles. The third kappa shape index (κ3) is 34.0. The summed E-state index contributed by atoms with van der Waals surface area (Å²) < 4.78 is 59.2. The molecular formula is C40H68O14. The maximum atomic E-state index is 11.9. The van der Waals surface area contributed by atoms with Crippen LogP contribution in [-0.2, 0) is 61.7 Å². The number of benzene rings is 1. The second-order valence-corrected chi connectivity index (χ2v) is 12.1. The average Bonchev–Trinajstić information content (AvgIpc) is 3.19. The standard InChI is InChI=1S/C40H68O14/c1-2-3-4-5-6-7-8-9-13-16-38(41)53-35-33-51-31-29-49-27-25-47-23-21-45-19-17-44-18-20-46-22-24-48-26-28-50-30-32-52-34-36-54-40(43)39(42)37-14-11-10-12-15-37/h10-12,14-15H,2-9,13,16-36H2,1H3. The van der Waals surface area contributed by atoms with E-state index < -0.39 is 11.8 Å². The van der Waals surface area contributed by atoms with Crippen LogP contribution in [0.1, 0.15) is 81.5 Å². The van der Waals surface area contributed by atoms with Crippen LogP contribution in [-0.4, -0.2) is 150 Å². The Morgan fingerprint density at radius 1 is 0.389 bits per heavy atom. The first-order chi connectivity index (χ1) is 26.6. The van der Waals surface area contributed by atoms with Crippen molar-refractivity contribution in [3.63, 3.8) is 0 Å². The Morgan fingerprint density at radius 3 is 1.07 bits per heavy atom. The molecule has 0 atom stereocenters. The van der Waals surface area contributed by atoms with E-state index >= 15 is 0 Å². The summed E-state index contributed by atoms with van der Waals surface area (Å²) in [7, 11) is 0. The molecule has 0 aromatic heterocycles. The predicted octanol–water partition coefficient (Wildman–Crippen LogP) is 5.03. The average molecular weight is 773 g/mol. The predicted molar refractivity (Wildman–Crippen MR) is 202 cm³/mol. The third-order valence-corrected chi connectivity index (χ3v) is 7.63. The molecule has 54 heavy (non-hydrogen) atoms. The second-order valence-electron chi connectivity index (χ2n) is 12.1. The summed E-state index contributed by atoms with van der Waals surface area (Å²) in [4.78, 5) is 35.4. The minimum atomic E-state index is -0.899. The van der Waals surface area contributed by atoms with E-state index in [2.05, 4.69) is 6.92 Å². The Morgan fingerprint density at radius 2 is 0.704 bits per heavy atom. The van der Waals surface area contributed by atoms with Crippen molar-refractivity contribution in [2.45, 2.75) is 71.1 Å². The van der Waals surface area contributed by atoms with Crippen molar-refractivity contribution in [3.05, 3.63) is 35.9 Å². The van der Waals surface area contributed by atoms with Crippen molar-refractivity contribution in [1.29, 1.82) is 0 Å². The molecule has 312 valence electrons. The molecule has 0 N–H and O–H groups in total. The highest BCUT2D eigenvalue weighted by Gasteiger charge is 2.17. The molecular weight excluding hydrogens is 704 g/mol. The fraction of sp³-hybridized carbons (Fsp3) is 0.775. The first kappa shape index (κ1) is 49.5. The van der Waals surface area contributed by atoms with Crippen LogP contribution in [0.25, 0.3) is 0 Å². The van der Waals surface area contributed by atoms with Crippen LogP contribution in [0.15, 0.2) is 30.3 Å². The highest BCUT2D eigenvalue weighted by molar-refractivity contribution is 6.40. The molecule has 0 spiro atoms. The highest BCUT2D eigenvalue weighted by atomic mass is 16.6. The zero-order chi connectivity index (χ0) is 38.8. The first-order valence-corrected chi connectivity index (χ1v) is 19.8. The number of rotatable bonds is 42. The van der Waals surface area contributed by atoms with Gasteiger partial charge in [-0.1, -0.05) is 88.6 Å². The van der Waals surface area contributed by atoms with E-state index in [0.29, 0.717) is 124 Å². The van der Waals surface area contributed by atoms with Crippen LogP contribution in [0.5, 0.6) is 0 Å². The maximum absolute atomic E-state index is 11.9. The number of ether oxygens (including phenoxy) is 11. The van der Waals surface area contributed by atoms with Gasteiger partial charge in [-0.15, -0.1) is 0 Å². The lowest BCUT2D eigenvalue weighted by atomic mass is 10.1. The summed E-state index contributed by atoms with van der Waals surface area (Å²) in [6, 6.07) is 8.26. The van der Waals surface area contributed by atoms with E-state index in [1.165, 1.54) is 44.9 Å². The van der Waals surface area contributed by atoms with Gasteiger partial charge in [-0.3, -0.25) is 9.59 Å². The van der Waals surface area contributed by atoms with Crippen molar-refractivity contribution in [2.24, 2.45) is 0 Å². The minimum Gasteiger partial charge on any atom is -0.463 e. The van der Waals surface area contributed by atoms with E-state index in [9.17, 15) is 14.4 Å². The lowest BCUT2D eigenvalue weighted by Gasteiger charge is -2.09. The van der Waals surface area contributed by atoms with Crippen LogP contribution in [0.2, 0.25) is 0 Å². The number of unbranched alkanes of at least 4 members (excludes halogenated alkanes) is 8. The molecule has 1 rings (SSSR count). The quantitative estimate of drug-likeness (QED) is 0.0378. The molecule has 0 aliphatic heterocycles. The molecule has 0 heterocycles. The zero-order valence-electron chi connectivity index (χ0n) is 32.8. The molecule has 0 aliphatic carbocycles. The van der Waals surface area contributed by atoms with Crippen LogP contribution >= 0.6 is 0 Å². The van der Waals surface area contributed by atoms with Gasteiger partial charge in [0, 0.05) is 12.0 Å². The van der Waals surface area contributed by atoms with Gasteiger partial charge in [0.2, 0.25) is 0 Å². The van der Waals surface area contributed by atoms with E-state index in [-0.39, 0.29) is 25.8 Å². The van der Waals surface area contributed by atoms with E-state index in [1.807, 2.05) is 0 Å². The SMILES string of the molecule is CCCCCCCCCCCC(=O)OCCOCCOCCOCCOCCOCCOCCOCCOCCOCCOC(=O)C(=O)c1ccccc1. The summed E-state index contributed by atoms with van der Waals surface area (Å²) in [6.45, 7) is 10.2. The van der Waals surface area contributed by atoms with Crippen LogP contribution in [0.3, 0.4) is 0 Å². The Bertz CT molecular complexity index is 981. The second kappa shape index (κ2) is 40.1. The van der Waals surface area contributed by atoms with Crippen LogP contribution < -0.4 is 0 Å². The summed E-state index contributed by atoms with van der Waals surface area (Å²) in [5.41, 5.74) is 0.294. The van der Waals surface area contributed by atoms with Crippen molar-refractivity contribution in [2.75, 3.05) is 132 Å². The molecule has 1 aromatic rings. The summed E-state index contributed by atoms with van der Waals surface area (Å²) >= 11 is 0. The minimum absolute atomic E-state index is 0.00557. The molecule has 0 aliphatic rings. The van der Waals surface area contributed by atoms with Crippen molar-refractivity contribution in [3.8, 4) is 0 Å². The molecule has 0 amide bonds. The van der Waals surface area contributed by atoms with Gasteiger partial charge >= 0.3 is 11.9 Å². The fourth-order valence-electron chi connectivity index (χ4n) is 4.69. The molecule has 0 unspecified atom stereocenters. The molecule has 0 radical (unpaired) electrons. The van der Waals surface area contributed by atoms with Crippen LogP contribution in [0.4, 0.5) is 0 Å². The third-order valence-electron chi connectivity index (χ3n) is 7.63. The Hall–Kier alpha value is -2.53. The Balaban J connectivity index is 1.67. The molecule has 1 aromatic carbocycles. The summed E-state index contributed by atoms with van der Waals surface area (Å²) in [6.07, 6.45) is 11.5. The van der Waals surface area contributed by atoms with Crippen molar-refractivity contribution < 1.29 is 66.5 Å². The Kier molecular flexibility index (Phi) is 36.8. The number of carbonyl (C=O) groups is 3. The first-order valence-electron chi connectivity index (χ1n) is 19.8. The fourth-order valence-corrected chi connectivity index (χ4v) is 4.69. The molecule has 0 fully saturated rings. The van der Waals surface area contributed by atoms with Gasteiger partial charge in [-0.05, 0) is 6.42 Å². The molecule has 14 nitrogen and oxygen atoms in total. The number of carbonyl (C=O) groups excluding carboxylic acids is 3. The topological polar surface area (TPSA) is 153 Å². The Labute approximate surface area is 323 Å². The molecule has 14 heteroatoms. The van der Waals surface area contributed by atoms with Gasteiger partial charge < -0.3 is 52.1 Å². The molecule has 0 bridgehead atoms. The van der Waals surface area contributed by atoms with Gasteiger partial charge in [-0.2, -0.15) is 0 Å². The number of hydrogen-bond donors (Lipinski definition) is 0. The van der Waals surface area contributed by atoms with E-state index in [1.54, 1.807) is 30.3 Å². The number of hydrogen-bond acceptors (Lipinski definition) is 14. The van der Waals surface area contributed by atoms with Gasteiger partial charge in [0.05, 0.1) is 119 Å². The van der Waals surface area contributed by atoms with E-state index in [4.69, 9.17) is 52.1 Å². The monoisotopic (exact) mass is 772 g/mol. The van der Waals surface area contributed by atoms with Crippen LogP contribution in [0, 0.1) is 0 Å². The highest BCUT2D eigenvalue weighted by Crippen LogP contribution is 2.10. The molecule has 0 saturated carbocycles. The van der Waals surface area contributed by atoms with Gasteiger partial charge in [0.15, 0.2) is 0 Å². The zero-order valence-corrected chi connectivity index (χ0v) is 32.8. The number of esters is 2. The smallest absolute Gasteiger partial charge is 0.379 e. The number of ketones is 1. The van der Waals surface area contributed by atoms with Gasteiger partial charge in [-0.25, -0.2) is 4.79 Å². The normalized spacial score (nSPS) is 11.2. The van der Waals surface area contributed by atoms with E-state index in [0.717, 1.165) is 12.8 Å². The number of Topliss-reactive ketones (excluding diaryl/α,β-unsaturated/α-hetero) is 1. The van der Waals surface area contributed by atoms with Gasteiger partial charge in [0.1, 0.15) is 13.2 Å². The lowest BCUT2D eigenvalue weighted by molar-refractivity contribution is -0.145. The summed E-state index contributed by atoms with van der Waals surface area (Å²) in [5.74, 6) is -1.72. The lowest BCUT2D eigenvalue weighted by Crippen LogP contribution is -2.20. The largest absolute Gasteiger partial charge is 0.463 e. The summed E-state index contributed by atoms with van der Waals surface area (Å²) in [5, 5.41) is 0.